The molecule has 0 aromatic rings. The highest BCUT2D eigenvalue weighted by Crippen LogP contribution is 1.79. The lowest BCUT2D eigenvalue weighted by atomic mass is 10.3. The molecule has 0 aliphatic rings. The van der Waals surface area contributed by atoms with Crippen LogP contribution in [-0.2, 0) is 16.2 Å². The van der Waals surface area contributed by atoms with Gasteiger partial charge in [-0.05, 0) is 6.42 Å². The summed E-state index contributed by atoms with van der Waals surface area (Å²) in [6, 6.07) is 0. The van der Waals surface area contributed by atoms with Crippen LogP contribution in [0, 0.1) is 0 Å². The van der Waals surface area contributed by atoms with Gasteiger partial charge in [0.05, 0.1) is 11.4 Å². The van der Waals surface area contributed by atoms with Crippen molar-refractivity contribution in [2.75, 3.05) is 0 Å². The van der Waals surface area contributed by atoms with Crippen molar-refractivity contribution in [1.82, 2.24) is 0 Å². The number of hydrogen-bond acceptors (Lipinski definition) is 3. The number of amides is 1. The third-order valence-electron chi connectivity index (χ3n) is 0.496. The maximum absolute atomic E-state index is 9.82. The van der Waals surface area contributed by atoms with Gasteiger partial charge in [0.2, 0.25) is 5.91 Å². The molecular formula is C4H10NO4S-. The zero-order chi connectivity index (χ0) is 8.57. The van der Waals surface area contributed by atoms with Crippen LogP contribution < -0.4 is 5.73 Å². The van der Waals surface area contributed by atoms with Crippen molar-refractivity contribution in [2.45, 2.75) is 19.8 Å². The fourth-order valence-electron chi connectivity index (χ4n) is 0.246. The van der Waals surface area contributed by atoms with E-state index in [2.05, 4.69) is 0 Å². The molecule has 5 nitrogen and oxygen atoms in total. The van der Waals surface area contributed by atoms with Gasteiger partial charge in [0.1, 0.15) is 0 Å². The molecule has 1 amide bonds. The van der Waals surface area contributed by atoms with E-state index in [1.807, 2.05) is 6.92 Å². The summed E-state index contributed by atoms with van der Waals surface area (Å²) < 4.78 is 24.1. The summed E-state index contributed by atoms with van der Waals surface area (Å²) in [4.78, 5) is 9.82. The number of rotatable bonds is 2. The molecule has 1 unspecified atom stereocenters. The summed E-state index contributed by atoms with van der Waals surface area (Å²) in [6.45, 7) is 1.92. The Bertz CT molecular complexity index is 112. The van der Waals surface area contributed by atoms with Crippen LogP contribution in [0.1, 0.15) is 19.8 Å². The van der Waals surface area contributed by atoms with Gasteiger partial charge in [0, 0.05) is 6.42 Å². The smallest absolute Gasteiger partial charge is 0.217 e. The summed E-state index contributed by atoms with van der Waals surface area (Å²) in [5, 5.41) is 0. The van der Waals surface area contributed by atoms with Gasteiger partial charge in [0.25, 0.3) is 0 Å². The Balaban J connectivity index is 0. The van der Waals surface area contributed by atoms with E-state index in [-0.39, 0.29) is 5.91 Å². The molecule has 0 aromatic carbocycles. The van der Waals surface area contributed by atoms with E-state index >= 15 is 0 Å². The van der Waals surface area contributed by atoms with Gasteiger partial charge in [-0.15, -0.1) is 0 Å². The van der Waals surface area contributed by atoms with Crippen molar-refractivity contribution in [1.29, 1.82) is 0 Å². The fraction of sp³-hybridized carbons (Fsp3) is 0.750. The second-order valence-electron chi connectivity index (χ2n) is 1.43. The lowest BCUT2D eigenvalue weighted by Crippen LogP contribution is -2.08. The normalized spacial score (nSPS) is 11.1. The molecule has 3 N–H and O–H groups in total. The highest BCUT2D eigenvalue weighted by atomic mass is 32.2. The third-order valence-corrected chi connectivity index (χ3v) is 0.496. The topological polar surface area (TPSA) is 103 Å². The van der Waals surface area contributed by atoms with Gasteiger partial charge in [-0.1, -0.05) is 6.92 Å². The van der Waals surface area contributed by atoms with Crippen LogP contribution in [0.15, 0.2) is 0 Å². The Morgan fingerprint density at radius 1 is 1.80 bits per heavy atom. The summed E-state index contributed by atoms with van der Waals surface area (Å²) in [7, 11) is 0. The lowest BCUT2D eigenvalue weighted by molar-refractivity contribution is -0.118. The van der Waals surface area contributed by atoms with Crippen molar-refractivity contribution in [3.05, 3.63) is 0 Å². The standard InChI is InChI=1S/C4H9NO.H2O3S/c1-2-3-4(5)6;1-4(2)3/h2-3H2,1H3,(H2,5,6);(H2,1,2,3)/p-1. The van der Waals surface area contributed by atoms with E-state index < -0.39 is 11.4 Å². The summed E-state index contributed by atoms with van der Waals surface area (Å²) >= 11 is -2.86. The van der Waals surface area contributed by atoms with Crippen LogP contribution >= 0.6 is 0 Å². The quantitative estimate of drug-likeness (QED) is 0.548. The molecule has 62 valence electrons. The zero-order valence-corrected chi connectivity index (χ0v) is 6.39. The van der Waals surface area contributed by atoms with Crippen LogP contribution in [0.4, 0.5) is 0 Å². The first-order valence-corrected chi connectivity index (χ1v) is 3.60. The Morgan fingerprint density at radius 3 is 2.10 bits per heavy atom. The van der Waals surface area contributed by atoms with Crippen molar-refractivity contribution in [3.63, 3.8) is 0 Å². The minimum atomic E-state index is -2.86. The van der Waals surface area contributed by atoms with E-state index in [1.54, 1.807) is 0 Å². The summed E-state index contributed by atoms with van der Waals surface area (Å²) in [5.41, 5.74) is 4.76. The Hall–Kier alpha value is -0.460. The van der Waals surface area contributed by atoms with Gasteiger partial charge in [0.15, 0.2) is 0 Å². The first kappa shape index (κ1) is 12.2. The van der Waals surface area contributed by atoms with E-state index in [1.165, 1.54) is 0 Å². The Morgan fingerprint density at radius 2 is 2.10 bits per heavy atom. The predicted molar refractivity (Wildman–Crippen MR) is 35.7 cm³/mol. The number of primary amides is 1. The third kappa shape index (κ3) is 50.0. The molecule has 0 radical (unpaired) electrons. The van der Waals surface area contributed by atoms with Gasteiger partial charge >= 0.3 is 0 Å². The molecule has 0 aliphatic carbocycles. The predicted octanol–water partition coefficient (Wildman–Crippen LogP) is -0.390. The van der Waals surface area contributed by atoms with Crippen LogP contribution in [0.25, 0.3) is 0 Å². The second kappa shape index (κ2) is 8.54. The average molecular weight is 168 g/mol. The molecule has 0 fully saturated rings. The molecule has 0 saturated heterocycles. The van der Waals surface area contributed by atoms with E-state index in [4.69, 9.17) is 19.0 Å². The van der Waals surface area contributed by atoms with Crippen LogP contribution in [0.3, 0.4) is 0 Å². The molecule has 10 heavy (non-hydrogen) atoms. The molecular weight excluding hydrogens is 158 g/mol. The summed E-state index contributed by atoms with van der Waals surface area (Å²) in [5.74, 6) is -0.211. The van der Waals surface area contributed by atoms with Gasteiger partial charge in [-0.25, -0.2) is 4.21 Å². The first-order valence-electron chi connectivity index (χ1n) is 2.57. The number of hydrogen-bond donors (Lipinski definition) is 2. The fourth-order valence-corrected chi connectivity index (χ4v) is 0.246. The van der Waals surface area contributed by atoms with Crippen LogP contribution in [0.2, 0.25) is 0 Å². The molecule has 1 atom stereocenters. The monoisotopic (exact) mass is 168 g/mol. The molecule has 0 saturated carbocycles. The first-order chi connectivity index (χ1) is 4.50. The number of carbonyl (C=O) groups excluding carboxylic acids is 1. The molecule has 0 rings (SSSR count). The number of nitrogens with two attached hydrogens (primary N) is 1. The minimum absolute atomic E-state index is 0.211. The van der Waals surface area contributed by atoms with Crippen molar-refractivity contribution in [2.24, 2.45) is 5.73 Å². The Labute approximate surface area is 61.7 Å². The minimum Gasteiger partial charge on any atom is -0.750 e. The zero-order valence-electron chi connectivity index (χ0n) is 5.57. The maximum Gasteiger partial charge on any atom is 0.217 e. The van der Waals surface area contributed by atoms with Crippen LogP contribution in [-0.4, -0.2) is 19.2 Å². The second-order valence-corrected chi connectivity index (χ2v) is 1.87. The SMILES string of the molecule is CCCC(N)=O.O=S([O-])O. The van der Waals surface area contributed by atoms with E-state index in [0.717, 1.165) is 6.42 Å². The van der Waals surface area contributed by atoms with Gasteiger partial charge < -0.3 is 14.8 Å². The van der Waals surface area contributed by atoms with Gasteiger partial charge in [-0.3, -0.25) is 4.79 Å². The highest BCUT2D eigenvalue weighted by Gasteiger charge is 1.84. The largest absolute Gasteiger partial charge is 0.750 e. The van der Waals surface area contributed by atoms with Crippen molar-refractivity contribution >= 4 is 17.3 Å². The van der Waals surface area contributed by atoms with Crippen LogP contribution in [0.5, 0.6) is 0 Å². The highest BCUT2D eigenvalue weighted by molar-refractivity contribution is 7.73. The van der Waals surface area contributed by atoms with Crippen molar-refractivity contribution in [3.8, 4) is 0 Å². The number of carbonyl (C=O) groups is 1. The molecule has 6 heteroatoms. The molecule has 0 aliphatic heterocycles. The van der Waals surface area contributed by atoms with E-state index in [0.29, 0.717) is 6.42 Å². The molecule has 0 bridgehead atoms. The molecule has 0 spiro atoms. The molecule has 0 aromatic heterocycles. The Kier molecular flexibility index (Phi) is 10.5. The lowest BCUT2D eigenvalue weighted by Gasteiger charge is -1.83. The average Bonchev–Trinajstić information content (AvgIpc) is 1.62. The molecule has 0 heterocycles. The van der Waals surface area contributed by atoms with Gasteiger partial charge in [-0.2, -0.15) is 0 Å². The van der Waals surface area contributed by atoms with Crippen molar-refractivity contribution < 1.29 is 18.1 Å². The maximum atomic E-state index is 9.82. The summed E-state index contributed by atoms with van der Waals surface area (Å²) in [6.07, 6.45) is 1.37. The van der Waals surface area contributed by atoms with E-state index in [9.17, 15) is 4.79 Å².